The molecule has 1 aliphatic heterocycles. The maximum atomic E-state index is 12.8. The number of halogens is 1. The first-order valence-electron chi connectivity index (χ1n) is 8.38. The zero-order valence-corrected chi connectivity index (χ0v) is 17.7. The van der Waals surface area contributed by atoms with Crippen LogP contribution < -0.4 is 0 Å². The number of sulfonamides is 1. The molecule has 0 unspecified atom stereocenters. The molecule has 1 saturated heterocycles. The van der Waals surface area contributed by atoms with E-state index in [1.54, 1.807) is 6.07 Å². The number of carbonyl (C=O) groups excluding carboxylic acids is 1. The van der Waals surface area contributed by atoms with E-state index in [1.807, 2.05) is 0 Å². The molecule has 0 saturated carbocycles. The molecule has 2 aromatic rings. The predicted octanol–water partition coefficient (Wildman–Crippen LogP) is 4.10. The molecule has 0 bridgehead atoms. The maximum Gasteiger partial charge on any atom is 0.284 e. The van der Waals surface area contributed by atoms with Gasteiger partial charge in [0.15, 0.2) is 5.17 Å². The summed E-state index contributed by atoms with van der Waals surface area (Å²) in [6.45, 7) is 3.63. The number of non-ortho nitro benzene ring substituents is 1. The topological polar surface area (TPSA) is 110 Å². The highest BCUT2D eigenvalue weighted by molar-refractivity contribution is 8.19. The summed E-state index contributed by atoms with van der Waals surface area (Å²) in [5, 5.41) is 11.3. The van der Waals surface area contributed by atoms with Crippen molar-refractivity contribution in [2.75, 3.05) is 6.54 Å². The van der Waals surface area contributed by atoms with Gasteiger partial charge in [0.05, 0.1) is 14.7 Å². The zero-order valence-electron chi connectivity index (χ0n) is 15.3. The van der Waals surface area contributed by atoms with Crippen LogP contribution in [0.2, 0.25) is 5.02 Å². The minimum Gasteiger partial charge on any atom is -0.282 e. The number of nitro groups is 1. The minimum absolute atomic E-state index is 0.0356. The van der Waals surface area contributed by atoms with Gasteiger partial charge < -0.3 is 0 Å². The summed E-state index contributed by atoms with van der Waals surface area (Å²) in [5.41, 5.74) is 0.308. The number of rotatable bonds is 6. The lowest BCUT2D eigenvalue weighted by molar-refractivity contribution is -0.384. The Balaban J connectivity index is 1.99. The van der Waals surface area contributed by atoms with Gasteiger partial charge in [-0.25, -0.2) is 0 Å². The van der Waals surface area contributed by atoms with Gasteiger partial charge in [-0.15, -0.1) is 11.0 Å². The Kier molecular flexibility index (Phi) is 6.40. The van der Waals surface area contributed by atoms with E-state index in [1.165, 1.54) is 59.5 Å². The molecule has 8 nitrogen and oxygen atoms in total. The predicted molar refractivity (Wildman–Crippen MR) is 117 cm³/mol. The quantitative estimate of drug-likeness (QED) is 0.276. The zero-order chi connectivity index (χ0) is 21.9. The molecule has 1 aliphatic rings. The normalized spacial score (nSPS) is 17.0. The molecule has 0 atom stereocenters. The minimum atomic E-state index is -4.09. The van der Waals surface area contributed by atoms with Crippen molar-refractivity contribution in [1.29, 1.82) is 0 Å². The molecule has 11 heteroatoms. The largest absolute Gasteiger partial charge is 0.284 e. The molecule has 1 heterocycles. The Morgan fingerprint density at radius 2 is 1.93 bits per heavy atom. The van der Waals surface area contributed by atoms with E-state index in [2.05, 4.69) is 11.0 Å². The highest BCUT2D eigenvalue weighted by Crippen LogP contribution is 2.34. The van der Waals surface area contributed by atoms with Crippen molar-refractivity contribution < 1.29 is 18.1 Å². The van der Waals surface area contributed by atoms with Crippen molar-refractivity contribution in [2.45, 2.75) is 4.90 Å². The molecule has 0 N–H and O–H groups in total. The van der Waals surface area contributed by atoms with Crippen LogP contribution in [0.25, 0.3) is 6.08 Å². The van der Waals surface area contributed by atoms with Gasteiger partial charge in [-0.1, -0.05) is 29.8 Å². The van der Waals surface area contributed by atoms with Crippen LogP contribution in [0, 0.1) is 10.1 Å². The van der Waals surface area contributed by atoms with E-state index in [0.717, 1.165) is 11.8 Å². The molecule has 3 rings (SSSR count). The number of hydrogen-bond acceptors (Lipinski definition) is 6. The lowest BCUT2D eigenvalue weighted by atomic mass is 10.2. The molecule has 1 amide bonds. The van der Waals surface area contributed by atoms with E-state index in [0.29, 0.717) is 10.6 Å². The second-order valence-electron chi connectivity index (χ2n) is 5.97. The summed E-state index contributed by atoms with van der Waals surface area (Å²) in [7, 11) is -4.09. The van der Waals surface area contributed by atoms with Crippen molar-refractivity contribution >= 4 is 56.2 Å². The number of hydrogen-bond donors (Lipinski definition) is 0. The molecule has 0 spiro atoms. The van der Waals surface area contributed by atoms with E-state index < -0.39 is 20.9 Å². The van der Waals surface area contributed by atoms with Crippen LogP contribution in [0.1, 0.15) is 5.56 Å². The Labute approximate surface area is 181 Å². The lowest BCUT2D eigenvalue weighted by Crippen LogP contribution is -2.29. The average molecular weight is 464 g/mol. The van der Waals surface area contributed by atoms with Gasteiger partial charge in [-0.05, 0) is 47.7 Å². The van der Waals surface area contributed by atoms with Crippen LogP contribution in [0.5, 0.6) is 0 Å². The van der Waals surface area contributed by atoms with Gasteiger partial charge in [0.25, 0.3) is 21.6 Å². The number of nitro benzene ring substituents is 1. The number of carbonyl (C=O) groups is 1. The summed E-state index contributed by atoms with van der Waals surface area (Å²) in [6, 6.07) is 11.2. The smallest absolute Gasteiger partial charge is 0.282 e. The van der Waals surface area contributed by atoms with Gasteiger partial charge in [-0.2, -0.15) is 8.42 Å². The molecule has 30 heavy (non-hydrogen) atoms. The van der Waals surface area contributed by atoms with E-state index in [4.69, 9.17) is 11.6 Å². The monoisotopic (exact) mass is 463 g/mol. The fraction of sp³-hybridized carbons (Fsp3) is 0.0526. The average Bonchev–Trinajstić information content (AvgIpc) is 2.97. The van der Waals surface area contributed by atoms with Gasteiger partial charge in [0.1, 0.15) is 0 Å². The number of amidine groups is 1. The molecule has 2 aromatic carbocycles. The number of amides is 1. The first-order chi connectivity index (χ1) is 14.2. The molecule has 0 aliphatic carbocycles. The van der Waals surface area contributed by atoms with Gasteiger partial charge in [0, 0.05) is 23.7 Å². The molecule has 1 fully saturated rings. The lowest BCUT2D eigenvalue weighted by Gasteiger charge is -2.12. The standard InChI is InChI=1S/C19H14ClN3O5S2/c1-2-10-22-18(24)17(12-13-4-3-5-15(11-13)23(25)26)29-19(22)21-30(27,28)16-8-6-14(20)7-9-16/h2-9,11-12H,1,10H2. The Hall–Kier alpha value is -2.95. The van der Waals surface area contributed by atoms with Crippen molar-refractivity contribution in [1.82, 2.24) is 4.90 Å². The number of benzene rings is 2. The maximum absolute atomic E-state index is 12.8. The Bertz CT molecular complexity index is 1190. The summed E-state index contributed by atoms with van der Waals surface area (Å²) in [4.78, 5) is 24.5. The second-order valence-corrected chi connectivity index (χ2v) is 9.02. The van der Waals surface area contributed by atoms with Crippen LogP contribution in [-0.2, 0) is 14.8 Å². The summed E-state index contributed by atoms with van der Waals surface area (Å²) in [5.74, 6) is -0.475. The van der Waals surface area contributed by atoms with Crippen LogP contribution in [0.4, 0.5) is 5.69 Å². The Morgan fingerprint density at radius 3 is 2.57 bits per heavy atom. The van der Waals surface area contributed by atoms with Crippen LogP contribution in [0.3, 0.4) is 0 Å². The third kappa shape index (κ3) is 4.78. The van der Waals surface area contributed by atoms with Crippen LogP contribution in [-0.4, -0.2) is 35.9 Å². The first-order valence-corrected chi connectivity index (χ1v) is 11.0. The van der Waals surface area contributed by atoms with Crippen molar-refractivity contribution in [3.63, 3.8) is 0 Å². The number of nitrogens with zero attached hydrogens (tertiary/aromatic N) is 3. The highest BCUT2D eigenvalue weighted by atomic mass is 35.5. The SMILES string of the molecule is C=CCN1C(=O)C(=Cc2cccc([N+](=O)[O-])c2)SC1=NS(=O)(=O)c1ccc(Cl)cc1. The summed E-state index contributed by atoms with van der Waals surface area (Å²) in [6.07, 6.45) is 2.90. The van der Waals surface area contributed by atoms with Crippen molar-refractivity contribution in [2.24, 2.45) is 4.40 Å². The van der Waals surface area contributed by atoms with Gasteiger partial charge in [-0.3, -0.25) is 19.8 Å². The molecular formula is C19H14ClN3O5S2. The molecule has 0 radical (unpaired) electrons. The number of thioether (sulfide) groups is 1. The Morgan fingerprint density at radius 1 is 1.23 bits per heavy atom. The van der Waals surface area contributed by atoms with Crippen LogP contribution >= 0.6 is 23.4 Å². The van der Waals surface area contributed by atoms with E-state index >= 15 is 0 Å². The molecule has 154 valence electrons. The van der Waals surface area contributed by atoms with E-state index in [9.17, 15) is 23.3 Å². The fourth-order valence-electron chi connectivity index (χ4n) is 2.51. The highest BCUT2D eigenvalue weighted by Gasteiger charge is 2.34. The fourth-order valence-corrected chi connectivity index (χ4v) is 4.82. The van der Waals surface area contributed by atoms with Crippen LogP contribution in [0.15, 0.2) is 75.4 Å². The molecule has 0 aromatic heterocycles. The molecular weight excluding hydrogens is 450 g/mol. The van der Waals surface area contributed by atoms with Crippen molar-refractivity contribution in [3.05, 3.63) is 86.8 Å². The van der Waals surface area contributed by atoms with Gasteiger partial charge >= 0.3 is 0 Å². The second kappa shape index (κ2) is 8.82. The first kappa shape index (κ1) is 21.8. The summed E-state index contributed by atoms with van der Waals surface area (Å²) >= 11 is 6.66. The summed E-state index contributed by atoms with van der Waals surface area (Å²) < 4.78 is 29.1. The third-order valence-electron chi connectivity index (χ3n) is 3.89. The van der Waals surface area contributed by atoms with Crippen molar-refractivity contribution in [3.8, 4) is 0 Å². The van der Waals surface area contributed by atoms with E-state index in [-0.39, 0.29) is 27.2 Å². The third-order valence-corrected chi connectivity index (χ3v) is 6.54. The van der Waals surface area contributed by atoms with Gasteiger partial charge in [0.2, 0.25) is 0 Å².